The predicted molar refractivity (Wildman–Crippen MR) is 121 cm³/mol. The summed E-state index contributed by atoms with van der Waals surface area (Å²) < 4.78 is 33.3. The molecule has 1 fully saturated rings. The molecule has 2 heterocycles. The summed E-state index contributed by atoms with van der Waals surface area (Å²) in [6, 6.07) is 10.3. The first-order chi connectivity index (χ1) is 14.8. The topological polar surface area (TPSA) is 101 Å². The minimum atomic E-state index is -3.68. The first kappa shape index (κ1) is 21.8. The smallest absolute Gasteiger partial charge is 0.250 e. The summed E-state index contributed by atoms with van der Waals surface area (Å²) in [6.07, 6.45) is 5.20. The van der Waals surface area contributed by atoms with E-state index >= 15 is 0 Å². The molecule has 0 atom stereocenters. The fourth-order valence-electron chi connectivity index (χ4n) is 2.84. The maximum absolute atomic E-state index is 12.6. The molecular formula is C21H20ClN3O4S2. The van der Waals surface area contributed by atoms with Crippen LogP contribution in [0.3, 0.4) is 0 Å². The number of carbonyl (C=O) groups is 1. The van der Waals surface area contributed by atoms with Crippen LogP contribution in [0.1, 0.15) is 34.7 Å². The van der Waals surface area contributed by atoms with Gasteiger partial charge in [0.1, 0.15) is 15.6 Å². The van der Waals surface area contributed by atoms with Gasteiger partial charge >= 0.3 is 0 Å². The second-order valence-electron chi connectivity index (χ2n) is 7.18. The Morgan fingerprint density at radius 1 is 1.26 bits per heavy atom. The first-order valence-electron chi connectivity index (χ1n) is 9.61. The molecule has 0 aliphatic heterocycles. The molecule has 1 aliphatic carbocycles. The van der Waals surface area contributed by atoms with Crippen LogP contribution >= 0.6 is 22.9 Å². The zero-order valence-corrected chi connectivity index (χ0v) is 19.0. The number of sulfonamides is 1. The number of nitrogens with one attached hydrogen (secondary N) is 2. The molecule has 1 saturated carbocycles. The molecule has 2 N–H and O–H groups in total. The van der Waals surface area contributed by atoms with Crippen molar-refractivity contribution in [3.8, 4) is 0 Å². The molecule has 1 aromatic carbocycles. The van der Waals surface area contributed by atoms with Gasteiger partial charge in [0.05, 0.1) is 0 Å². The molecule has 0 saturated heterocycles. The third kappa shape index (κ3) is 5.24. The van der Waals surface area contributed by atoms with Crippen molar-refractivity contribution in [3.63, 3.8) is 0 Å². The zero-order valence-electron chi connectivity index (χ0n) is 16.6. The van der Waals surface area contributed by atoms with E-state index < -0.39 is 10.0 Å². The lowest BCUT2D eigenvalue weighted by molar-refractivity contribution is -0.117. The summed E-state index contributed by atoms with van der Waals surface area (Å²) in [4.78, 5) is 12.8. The Morgan fingerprint density at radius 3 is 2.77 bits per heavy atom. The van der Waals surface area contributed by atoms with Crippen LogP contribution in [0.4, 0.5) is 5.69 Å². The second-order valence-corrected chi connectivity index (χ2v) is 10.7. The molecule has 2 aromatic heterocycles. The van der Waals surface area contributed by atoms with E-state index in [0.717, 1.165) is 24.2 Å². The van der Waals surface area contributed by atoms with Crippen LogP contribution < -0.4 is 10.0 Å². The van der Waals surface area contributed by atoms with Crippen molar-refractivity contribution in [1.29, 1.82) is 0 Å². The highest BCUT2D eigenvalue weighted by molar-refractivity contribution is 7.91. The second kappa shape index (κ2) is 8.96. The van der Waals surface area contributed by atoms with Crippen LogP contribution in [0, 0.1) is 12.8 Å². The first-order valence-corrected chi connectivity index (χ1v) is 12.3. The lowest BCUT2D eigenvalue weighted by atomic mass is 10.2. The molecule has 7 nitrogen and oxygen atoms in total. The van der Waals surface area contributed by atoms with E-state index in [0.29, 0.717) is 32.6 Å². The van der Waals surface area contributed by atoms with E-state index in [-0.39, 0.29) is 22.6 Å². The summed E-state index contributed by atoms with van der Waals surface area (Å²) >= 11 is 7.21. The van der Waals surface area contributed by atoms with Gasteiger partial charge in [0.15, 0.2) is 5.76 Å². The van der Waals surface area contributed by atoms with Gasteiger partial charge in [0.25, 0.3) is 0 Å². The van der Waals surface area contributed by atoms with Gasteiger partial charge in [0.2, 0.25) is 15.9 Å². The third-order valence-electron chi connectivity index (χ3n) is 4.76. The number of amides is 1. The normalized spacial score (nSPS) is 14.3. The number of hydrogen-bond donors (Lipinski definition) is 2. The SMILES string of the molecule is Cc1noc(/C=C/c2ccc(S(=O)(=O)NCc3ccccc3Cl)s2)c1NC(=O)C1CC1. The van der Waals surface area contributed by atoms with Crippen molar-refractivity contribution < 1.29 is 17.7 Å². The van der Waals surface area contributed by atoms with E-state index in [4.69, 9.17) is 16.1 Å². The van der Waals surface area contributed by atoms with Gasteiger partial charge in [-0.1, -0.05) is 35.0 Å². The number of carbonyl (C=O) groups excluding carboxylic acids is 1. The van der Waals surface area contributed by atoms with Gasteiger partial charge in [-0.05, 0) is 55.7 Å². The predicted octanol–water partition coefficient (Wildman–Crippen LogP) is 4.70. The van der Waals surface area contributed by atoms with Gasteiger partial charge in [-0.2, -0.15) is 0 Å². The Balaban J connectivity index is 1.45. The van der Waals surface area contributed by atoms with E-state index in [9.17, 15) is 13.2 Å². The minimum Gasteiger partial charge on any atom is -0.354 e. The molecule has 162 valence electrons. The zero-order chi connectivity index (χ0) is 22.0. The van der Waals surface area contributed by atoms with E-state index in [1.165, 1.54) is 0 Å². The van der Waals surface area contributed by atoms with Gasteiger partial charge in [-0.3, -0.25) is 4.79 Å². The van der Waals surface area contributed by atoms with Gasteiger partial charge in [-0.15, -0.1) is 11.3 Å². The maximum atomic E-state index is 12.6. The Kier molecular flexibility index (Phi) is 6.29. The fraction of sp³-hybridized carbons (Fsp3) is 0.238. The standard InChI is InChI=1S/C21H20ClN3O4S2/c1-13-20(24-21(26)14-6-7-14)18(29-25-13)10-8-16-9-11-19(30-16)31(27,28)23-12-15-4-2-3-5-17(15)22/h2-5,8-11,14,23H,6-7,12H2,1H3,(H,24,26)/b10-8+. The summed E-state index contributed by atoms with van der Waals surface area (Å²) in [5.41, 5.74) is 1.83. The third-order valence-corrected chi connectivity index (χ3v) is 8.07. The number of thiophene rings is 1. The van der Waals surface area contributed by atoms with Crippen molar-refractivity contribution >= 4 is 56.7 Å². The molecule has 31 heavy (non-hydrogen) atoms. The van der Waals surface area contributed by atoms with Crippen LogP contribution in [-0.4, -0.2) is 19.5 Å². The molecule has 0 unspecified atom stereocenters. The summed E-state index contributed by atoms with van der Waals surface area (Å²) in [6.45, 7) is 1.86. The average Bonchev–Trinajstić information content (AvgIpc) is 3.39. The Hall–Kier alpha value is -2.46. The van der Waals surface area contributed by atoms with Crippen molar-refractivity contribution in [2.45, 2.75) is 30.5 Å². The van der Waals surface area contributed by atoms with Crippen molar-refractivity contribution in [1.82, 2.24) is 9.88 Å². The quantitative estimate of drug-likeness (QED) is 0.489. The Bertz CT molecular complexity index is 1240. The molecule has 3 aromatic rings. The maximum Gasteiger partial charge on any atom is 0.250 e. The van der Waals surface area contributed by atoms with Crippen molar-refractivity contribution in [3.05, 3.63) is 63.3 Å². The van der Waals surface area contributed by atoms with E-state index in [1.54, 1.807) is 55.5 Å². The summed E-state index contributed by atoms with van der Waals surface area (Å²) in [7, 11) is -3.68. The molecule has 0 radical (unpaired) electrons. The largest absolute Gasteiger partial charge is 0.354 e. The van der Waals surface area contributed by atoms with Crippen molar-refractivity contribution in [2.75, 3.05) is 5.32 Å². The monoisotopic (exact) mass is 477 g/mol. The highest BCUT2D eigenvalue weighted by Crippen LogP contribution is 2.32. The minimum absolute atomic E-state index is 0.0324. The number of rotatable bonds is 8. The van der Waals surface area contributed by atoms with E-state index in [1.807, 2.05) is 0 Å². The van der Waals surface area contributed by atoms with Crippen LogP contribution in [0.25, 0.3) is 12.2 Å². The van der Waals surface area contributed by atoms with Crippen LogP contribution in [0.5, 0.6) is 0 Å². The highest BCUT2D eigenvalue weighted by atomic mass is 35.5. The molecule has 1 amide bonds. The average molecular weight is 478 g/mol. The Morgan fingerprint density at radius 2 is 2.03 bits per heavy atom. The van der Waals surface area contributed by atoms with Gasteiger partial charge < -0.3 is 9.84 Å². The molecule has 1 aliphatic rings. The fourth-order valence-corrected chi connectivity index (χ4v) is 5.32. The number of aromatic nitrogens is 1. The molecule has 4 rings (SSSR count). The van der Waals surface area contributed by atoms with E-state index in [2.05, 4.69) is 15.2 Å². The molecular weight excluding hydrogens is 458 g/mol. The van der Waals surface area contributed by atoms with Crippen molar-refractivity contribution in [2.24, 2.45) is 5.92 Å². The lowest BCUT2D eigenvalue weighted by Crippen LogP contribution is -2.22. The summed E-state index contributed by atoms with van der Waals surface area (Å²) in [5, 5.41) is 7.28. The van der Waals surface area contributed by atoms with Crippen LogP contribution in [0.2, 0.25) is 5.02 Å². The number of aryl methyl sites for hydroxylation is 1. The van der Waals surface area contributed by atoms with Gasteiger partial charge in [-0.25, -0.2) is 13.1 Å². The van der Waals surface area contributed by atoms with Gasteiger partial charge in [0, 0.05) is 22.4 Å². The lowest BCUT2D eigenvalue weighted by Gasteiger charge is -2.06. The number of anilines is 1. The number of halogens is 1. The van der Waals surface area contributed by atoms with Crippen LogP contribution in [-0.2, 0) is 21.4 Å². The molecule has 10 heteroatoms. The number of benzene rings is 1. The number of hydrogen-bond acceptors (Lipinski definition) is 6. The summed E-state index contributed by atoms with van der Waals surface area (Å²) in [5.74, 6) is 0.450. The van der Waals surface area contributed by atoms with Crippen LogP contribution in [0.15, 0.2) is 45.1 Å². The Labute approximate surface area is 189 Å². The number of nitrogens with zero attached hydrogens (tertiary/aromatic N) is 1. The molecule has 0 spiro atoms. The highest BCUT2D eigenvalue weighted by Gasteiger charge is 2.30. The molecule has 0 bridgehead atoms.